The molecule has 132 valence electrons. The summed E-state index contributed by atoms with van der Waals surface area (Å²) in [6.45, 7) is 1.97. The van der Waals surface area contributed by atoms with E-state index in [0.29, 0.717) is 5.69 Å². The molecule has 0 radical (unpaired) electrons. The molecular formula is C19H15FN2O4. The summed E-state index contributed by atoms with van der Waals surface area (Å²) in [5.74, 6) is -2.15. The molecule has 1 heterocycles. The van der Waals surface area contributed by atoms with E-state index in [1.807, 2.05) is 31.2 Å². The van der Waals surface area contributed by atoms with Crippen LogP contribution >= 0.6 is 0 Å². The molecule has 3 rings (SSSR count). The lowest BCUT2D eigenvalue weighted by Crippen LogP contribution is -2.12. The zero-order chi connectivity index (χ0) is 18.7. The molecule has 26 heavy (non-hydrogen) atoms. The maximum absolute atomic E-state index is 13.6. The maximum Gasteiger partial charge on any atom is 0.340 e. The topological polar surface area (TPSA) is 81.4 Å². The van der Waals surface area contributed by atoms with Crippen LogP contribution in [0.2, 0.25) is 0 Å². The van der Waals surface area contributed by atoms with Crippen LogP contribution in [0.25, 0.3) is 11.3 Å². The van der Waals surface area contributed by atoms with Gasteiger partial charge in [0.1, 0.15) is 11.5 Å². The second kappa shape index (κ2) is 7.18. The van der Waals surface area contributed by atoms with Crippen molar-refractivity contribution in [1.29, 1.82) is 0 Å². The lowest BCUT2D eigenvalue weighted by atomic mass is 10.1. The summed E-state index contributed by atoms with van der Waals surface area (Å²) in [5, 5.41) is 6.41. The Labute approximate surface area is 148 Å². The Kier molecular flexibility index (Phi) is 4.79. The molecule has 0 saturated heterocycles. The van der Waals surface area contributed by atoms with E-state index in [9.17, 15) is 14.0 Å². The van der Waals surface area contributed by atoms with Crippen LogP contribution in [-0.2, 0) is 4.74 Å². The van der Waals surface area contributed by atoms with Crippen LogP contribution < -0.4 is 5.32 Å². The third-order valence-electron chi connectivity index (χ3n) is 3.71. The summed E-state index contributed by atoms with van der Waals surface area (Å²) in [4.78, 5) is 23.8. The molecule has 0 aliphatic carbocycles. The molecular weight excluding hydrogens is 339 g/mol. The lowest BCUT2D eigenvalue weighted by Gasteiger charge is -2.06. The first-order valence-corrected chi connectivity index (χ1v) is 7.71. The molecule has 1 N–H and O–H groups in total. The van der Waals surface area contributed by atoms with Crippen molar-refractivity contribution in [3.63, 3.8) is 0 Å². The number of esters is 1. The van der Waals surface area contributed by atoms with Crippen LogP contribution in [0.5, 0.6) is 0 Å². The Hall–Kier alpha value is -3.48. The van der Waals surface area contributed by atoms with Crippen molar-refractivity contribution < 1.29 is 23.2 Å². The summed E-state index contributed by atoms with van der Waals surface area (Å²) in [7, 11) is 1.15. The number of ether oxygens (including phenoxy) is 1. The van der Waals surface area contributed by atoms with Gasteiger partial charge in [-0.2, -0.15) is 0 Å². The number of aryl methyl sites for hydroxylation is 1. The lowest BCUT2D eigenvalue weighted by molar-refractivity contribution is 0.0595. The number of aromatic nitrogens is 1. The van der Waals surface area contributed by atoms with Gasteiger partial charge in [-0.3, -0.25) is 4.79 Å². The van der Waals surface area contributed by atoms with E-state index in [-0.39, 0.29) is 17.0 Å². The van der Waals surface area contributed by atoms with E-state index in [4.69, 9.17) is 4.52 Å². The van der Waals surface area contributed by atoms with Crippen LogP contribution in [0.3, 0.4) is 0 Å². The minimum Gasteiger partial charge on any atom is -0.465 e. The normalized spacial score (nSPS) is 10.4. The zero-order valence-corrected chi connectivity index (χ0v) is 14.1. The van der Waals surface area contributed by atoms with Crippen molar-refractivity contribution in [2.75, 3.05) is 12.4 Å². The summed E-state index contributed by atoms with van der Waals surface area (Å²) < 4.78 is 23.2. The Morgan fingerprint density at radius 2 is 1.85 bits per heavy atom. The number of carbonyl (C=O) groups excluding carboxylic acids is 2. The van der Waals surface area contributed by atoms with Gasteiger partial charge in [0.05, 0.1) is 12.7 Å². The van der Waals surface area contributed by atoms with E-state index >= 15 is 0 Å². The molecule has 0 aliphatic heterocycles. The number of halogens is 1. The van der Waals surface area contributed by atoms with Crippen molar-refractivity contribution in [1.82, 2.24) is 5.16 Å². The summed E-state index contributed by atoms with van der Waals surface area (Å²) in [6.07, 6.45) is 0. The second-order valence-electron chi connectivity index (χ2n) is 5.58. The predicted molar refractivity (Wildman–Crippen MR) is 92.4 cm³/mol. The van der Waals surface area contributed by atoms with E-state index in [1.54, 1.807) is 0 Å². The zero-order valence-electron chi connectivity index (χ0n) is 14.1. The van der Waals surface area contributed by atoms with Gasteiger partial charge in [-0.25, -0.2) is 9.18 Å². The fourth-order valence-corrected chi connectivity index (χ4v) is 2.30. The molecule has 0 bridgehead atoms. The van der Waals surface area contributed by atoms with Gasteiger partial charge in [0, 0.05) is 17.3 Å². The number of methoxy groups -OCH3 is 1. The van der Waals surface area contributed by atoms with Crippen molar-refractivity contribution in [2.45, 2.75) is 6.92 Å². The largest absolute Gasteiger partial charge is 0.465 e. The highest BCUT2D eigenvalue weighted by Crippen LogP contribution is 2.21. The number of hydrogen-bond acceptors (Lipinski definition) is 5. The average molecular weight is 354 g/mol. The number of amides is 1. The minimum atomic E-state index is -0.833. The number of hydrogen-bond donors (Lipinski definition) is 1. The van der Waals surface area contributed by atoms with Crippen molar-refractivity contribution in [3.8, 4) is 11.3 Å². The minimum absolute atomic E-state index is 0.00971. The molecule has 1 aromatic heterocycles. The highest BCUT2D eigenvalue weighted by Gasteiger charge is 2.17. The van der Waals surface area contributed by atoms with Gasteiger partial charge in [0.2, 0.25) is 5.76 Å². The van der Waals surface area contributed by atoms with Crippen LogP contribution in [-0.4, -0.2) is 24.1 Å². The molecule has 0 fully saturated rings. The van der Waals surface area contributed by atoms with Gasteiger partial charge < -0.3 is 14.6 Å². The average Bonchev–Trinajstić information content (AvgIpc) is 3.13. The highest BCUT2D eigenvalue weighted by atomic mass is 19.1. The Balaban J connectivity index is 1.79. The molecule has 0 atom stereocenters. The Morgan fingerprint density at radius 1 is 1.12 bits per heavy atom. The van der Waals surface area contributed by atoms with Gasteiger partial charge in [0.25, 0.3) is 5.91 Å². The van der Waals surface area contributed by atoms with Gasteiger partial charge >= 0.3 is 5.97 Å². The van der Waals surface area contributed by atoms with Crippen LogP contribution in [0.15, 0.2) is 53.1 Å². The van der Waals surface area contributed by atoms with E-state index in [2.05, 4.69) is 15.2 Å². The van der Waals surface area contributed by atoms with Gasteiger partial charge in [-0.15, -0.1) is 0 Å². The number of rotatable bonds is 4. The highest BCUT2D eigenvalue weighted by molar-refractivity contribution is 6.03. The molecule has 3 aromatic rings. The van der Waals surface area contributed by atoms with Crippen molar-refractivity contribution in [2.24, 2.45) is 0 Å². The van der Waals surface area contributed by atoms with Crippen LogP contribution in [0.1, 0.15) is 26.5 Å². The Morgan fingerprint density at radius 3 is 2.54 bits per heavy atom. The predicted octanol–water partition coefficient (Wildman–Crippen LogP) is 3.83. The molecule has 0 aliphatic rings. The first-order chi connectivity index (χ1) is 12.5. The van der Waals surface area contributed by atoms with E-state index in [0.717, 1.165) is 24.3 Å². The SMILES string of the molecule is COC(=O)c1cc(NC(=O)c2cc(-c3ccc(C)cc3)no2)ccc1F. The van der Waals surface area contributed by atoms with Gasteiger partial charge in [-0.1, -0.05) is 35.0 Å². The number of nitrogens with one attached hydrogen (secondary N) is 1. The molecule has 6 nitrogen and oxygen atoms in total. The standard InChI is InChI=1S/C19H15FN2O4/c1-11-3-5-12(6-4-11)16-10-17(26-22-16)18(23)21-13-7-8-15(20)14(9-13)19(24)25-2/h3-10H,1-2H3,(H,21,23). The first kappa shape index (κ1) is 17.3. The van der Waals surface area contributed by atoms with Crippen LogP contribution in [0.4, 0.5) is 10.1 Å². The number of benzene rings is 2. The first-order valence-electron chi connectivity index (χ1n) is 7.71. The van der Waals surface area contributed by atoms with Gasteiger partial charge in [0.15, 0.2) is 0 Å². The van der Waals surface area contributed by atoms with Crippen molar-refractivity contribution >= 4 is 17.6 Å². The third-order valence-corrected chi connectivity index (χ3v) is 3.71. The molecule has 0 saturated carbocycles. The third kappa shape index (κ3) is 3.61. The monoisotopic (exact) mass is 354 g/mol. The second-order valence-corrected chi connectivity index (χ2v) is 5.58. The van der Waals surface area contributed by atoms with Crippen LogP contribution in [0, 0.1) is 12.7 Å². The molecule has 7 heteroatoms. The van der Waals surface area contributed by atoms with Gasteiger partial charge in [-0.05, 0) is 25.1 Å². The quantitative estimate of drug-likeness (QED) is 0.720. The number of anilines is 1. The number of carbonyl (C=O) groups is 2. The number of nitrogens with zero attached hydrogens (tertiary/aromatic N) is 1. The van der Waals surface area contributed by atoms with E-state index < -0.39 is 17.7 Å². The smallest absolute Gasteiger partial charge is 0.340 e. The van der Waals surface area contributed by atoms with Crippen molar-refractivity contribution in [3.05, 3.63) is 71.2 Å². The van der Waals surface area contributed by atoms with E-state index in [1.165, 1.54) is 18.2 Å². The fraction of sp³-hybridized carbons (Fsp3) is 0.105. The molecule has 1 amide bonds. The summed E-state index contributed by atoms with van der Waals surface area (Å²) in [5.41, 5.74) is 2.39. The summed E-state index contributed by atoms with van der Waals surface area (Å²) in [6, 6.07) is 12.7. The maximum atomic E-state index is 13.6. The molecule has 0 spiro atoms. The summed E-state index contributed by atoms with van der Waals surface area (Å²) >= 11 is 0. The molecule has 0 unspecified atom stereocenters. The Bertz CT molecular complexity index is 964. The fourth-order valence-electron chi connectivity index (χ4n) is 2.30. The molecule has 2 aromatic carbocycles.